The summed E-state index contributed by atoms with van der Waals surface area (Å²) in [6, 6.07) is 13.7. The van der Waals surface area contributed by atoms with E-state index in [-0.39, 0.29) is 6.61 Å². The van der Waals surface area contributed by atoms with Crippen molar-refractivity contribution in [2.24, 2.45) is 0 Å². The Hall–Kier alpha value is -2.21. The lowest BCUT2D eigenvalue weighted by molar-refractivity contribution is 0.0653. The largest absolute Gasteiger partial charge is 0.493 e. The number of hydrogen-bond donors (Lipinski definition) is 1. The molecular formula is C23H29ClN2O3. The van der Waals surface area contributed by atoms with E-state index >= 15 is 0 Å². The molecule has 0 radical (unpaired) electrons. The van der Waals surface area contributed by atoms with Gasteiger partial charge in [-0.3, -0.25) is 4.90 Å². The van der Waals surface area contributed by atoms with Crippen molar-refractivity contribution in [3.63, 3.8) is 0 Å². The SMILES string of the molecule is CC=Cc1ccc(OCC(O)CN2CCN(c3cccc(Cl)c3)CC2)c(OC)c1. The molecule has 1 atom stereocenters. The minimum atomic E-state index is -0.562. The molecule has 1 aliphatic rings. The standard InChI is InChI=1S/C23H29ClN2O3/c1-3-5-18-8-9-22(23(14-18)28-2)29-17-21(27)16-25-10-12-26(13-11-25)20-7-4-6-19(24)15-20/h3-9,14-15,21,27H,10-13,16-17H2,1-2H3. The Bertz CT molecular complexity index is 820. The summed E-state index contributed by atoms with van der Waals surface area (Å²) in [4.78, 5) is 4.59. The zero-order valence-corrected chi connectivity index (χ0v) is 17.8. The first-order valence-corrected chi connectivity index (χ1v) is 10.3. The molecule has 0 saturated carbocycles. The molecule has 1 N–H and O–H groups in total. The Balaban J connectivity index is 1.46. The van der Waals surface area contributed by atoms with Crippen molar-refractivity contribution in [1.82, 2.24) is 4.90 Å². The number of aliphatic hydroxyl groups excluding tert-OH is 1. The average Bonchev–Trinajstić information content (AvgIpc) is 2.73. The molecule has 2 aromatic rings. The number of allylic oxidation sites excluding steroid dienone is 1. The van der Waals surface area contributed by atoms with Crippen molar-refractivity contribution in [2.75, 3.05) is 51.3 Å². The fourth-order valence-corrected chi connectivity index (χ4v) is 3.68. The van der Waals surface area contributed by atoms with E-state index in [1.807, 2.05) is 55.5 Å². The van der Waals surface area contributed by atoms with Crippen LogP contribution in [0.1, 0.15) is 12.5 Å². The maximum absolute atomic E-state index is 10.4. The summed E-state index contributed by atoms with van der Waals surface area (Å²) in [6.45, 7) is 6.40. The predicted molar refractivity (Wildman–Crippen MR) is 119 cm³/mol. The van der Waals surface area contributed by atoms with Crippen LogP contribution in [0.25, 0.3) is 6.08 Å². The van der Waals surface area contributed by atoms with Crippen LogP contribution in [0, 0.1) is 0 Å². The van der Waals surface area contributed by atoms with Crippen LogP contribution >= 0.6 is 11.6 Å². The van der Waals surface area contributed by atoms with Gasteiger partial charge in [-0.1, -0.05) is 35.9 Å². The summed E-state index contributed by atoms with van der Waals surface area (Å²) in [6.07, 6.45) is 3.42. The number of benzene rings is 2. The Labute approximate surface area is 178 Å². The lowest BCUT2D eigenvalue weighted by Gasteiger charge is -2.36. The van der Waals surface area contributed by atoms with Crippen LogP contribution in [0.5, 0.6) is 11.5 Å². The third-order valence-corrected chi connectivity index (χ3v) is 5.23. The number of halogens is 1. The normalized spacial score (nSPS) is 16.2. The van der Waals surface area contributed by atoms with E-state index in [1.165, 1.54) is 0 Å². The second-order valence-electron chi connectivity index (χ2n) is 7.14. The van der Waals surface area contributed by atoms with E-state index in [9.17, 15) is 5.11 Å². The van der Waals surface area contributed by atoms with Crippen LogP contribution in [0.4, 0.5) is 5.69 Å². The van der Waals surface area contributed by atoms with Gasteiger partial charge in [0, 0.05) is 43.4 Å². The lowest BCUT2D eigenvalue weighted by atomic mass is 10.2. The van der Waals surface area contributed by atoms with Gasteiger partial charge in [0.25, 0.3) is 0 Å². The highest BCUT2D eigenvalue weighted by Crippen LogP contribution is 2.28. The number of nitrogens with zero attached hydrogens (tertiary/aromatic N) is 2. The van der Waals surface area contributed by atoms with E-state index in [0.29, 0.717) is 18.0 Å². The molecule has 3 rings (SSSR count). The van der Waals surface area contributed by atoms with Gasteiger partial charge in [-0.2, -0.15) is 0 Å². The van der Waals surface area contributed by atoms with Crippen molar-refractivity contribution in [1.29, 1.82) is 0 Å². The van der Waals surface area contributed by atoms with E-state index < -0.39 is 6.10 Å². The number of ether oxygens (including phenoxy) is 2. The highest BCUT2D eigenvalue weighted by Gasteiger charge is 2.20. The van der Waals surface area contributed by atoms with Gasteiger partial charge >= 0.3 is 0 Å². The Morgan fingerprint density at radius 3 is 2.59 bits per heavy atom. The molecule has 29 heavy (non-hydrogen) atoms. The van der Waals surface area contributed by atoms with Crippen molar-refractivity contribution in [2.45, 2.75) is 13.0 Å². The van der Waals surface area contributed by atoms with Gasteiger partial charge in [-0.25, -0.2) is 0 Å². The van der Waals surface area contributed by atoms with Gasteiger partial charge in [-0.05, 0) is 42.8 Å². The molecule has 1 fully saturated rings. The van der Waals surface area contributed by atoms with E-state index in [2.05, 4.69) is 15.9 Å². The fraction of sp³-hybridized carbons (Fsp3) is 0.391. The first-order valence-electron chi connectivity index (χ1n) is 9.93. The smallest absolute Gasteiger partial charge is 0.161 e. The zero-order valence-electron chi connectivity index (χ0n) is 17.1. The third-order valence-electron chi connectivity index (χ3n) is 4.99. The molecule has 1 heterocycles. The second kappa shape index (κ2) is 10.5. The van der Waals surface area contributed by atoms with Crippen LogP contribution in [0.3, 0.4) is 0 Å². The van der Waals surface area contributed by atoms with E-state index in [1.54, 1.807) is 7.11 Å². The lowest BCUT2D eigenvalue weighted by Crippen LogP contribution is -2.49. The quantitative estimate of drug-likeness (QED) is 0.706. The first-order chi connectivity index (χ1) is 14.1. The number of rotatable bonds is 8. The van der Waals surface area contributed by atoms with Crippen LogP contribution in [-0.4, -0.2) is 62.6 Å². The fourth-order valence-electron chi connectivity index (χ4n) is 3.50. The molecular weight excluding hydrogens is 388 g/mol. The highest BCUT2D eigenvalue weighted by molar-refractivity contribution is 6.30. The topological polar surface area (TPSA) is 45.2 Å². The van der Waals surface area contributed by atoms with Gasteiger partial charge < -0.3 is 19.5 Å². The minimum absolute atomic E-state index is 0.230. The third kappa shape index (κ3) is 6.13. The van der Waals surface area contributed by atoms with Crippen molar-refractivity contribution in [3.05, 3.63) is 59.1 Å². The summed E-state index contributed by atoms with van der Waals surface area (Å²) < 4.78 is 11.2. The molecule has 156 valence electrons. The number of anilines is 1. The Kier molecular flexibility index (Phi) is 7.81. The van der Waals surface area contributed by atoms with Crippen LogP contribution in [-0.2, 0) is 0 Å². The van der Waals surface area contributed by atoms with Crippen LogP contribution < -0.4 is 14.4 Å². The molecule has 6 heteroatoms. The highest BCUT2D eigenvalue weighted by atomic mass is 35.5. The maximum atomic E-state index is 10.4. The number of hydrogen-bond acceptors (Lipinski definition) is 5. The van der Waals surface area contributed by atoms with Crippen molar-refractivity contribution < 1.29 is 14.6 Å². The van der Waals surface area contributed by atoms with Crippen LogP contribution in [0.15, 0.2) is 48.5 Å². The Morgan fingerprint density at radius 2 is 1.90 bits per heavy atom. The van der Waals surface area contributed by atoms with Gasteiger partial charge in [0.1, 0.15) is 12.7 Å². The molecule has 0 aliphatic carbocycles. The van der Waals surface area contributed by atoms with Crippen molar-refractivity contribution >= 4 is 23.4 Å². The maximum Gasteiger partial charge on any atom is 0.161 e. The summed E-state index contributed by atoms with van der Waals surface area (Å²) in [5.41, 5.74) is 2.20. The molecule has 0 bridgehead atoms. The van der Waals surface area contributed by atoms with Crippen molar-refractivity contribution in [3.8, 4) is 11.5 Å². The van der Waals surface area contributed by atoms with E-state index in [0.717, 1.165) is 42.5 Å². The summed E-state index contributed by atoms with van der Waals surface area (Å²) >= 11 is 6.10. The molecule has 5 nitrogen and oxygen atoms in total. The summed E-state index contributed by atoms with van der Waals surface area (Å²) in [7, 11) is 1.62. The molecule has 1 aliphatic heterocycles. The molecule has 0 aromatic heterocycles. The molecule has 1 unspecified atom stereocenters. The minimum Gasteiger partial charge on any atom is -0.493 e. The van der Waals surface area contributed by atoms with E-state index in [4.69, 9.17) is 21.1 Å². The number of aliphatic hydroxyl groups is 1. The number of β-amino-alcohol motifs (C(OH)–C–C–N with tert-alkyl or cyclic N) is 1. The number of piperazine rings is 1. The molecule has 2 aromatic carbocycles. The van der Waals surface area contributed by atoms with Crippen LogP contribution in [0.2, 0.25) is 5.02 Å². The summed E-state index contributed by atoms with van der Waals surface area (Å²) in [5, 5.41) is 11.2. The van der Waals surface area contributed by atoms with Gasteiger partial charge in [0.2, 0.25) is 0 Å². The Morgan fingerprint density at radius 1 is 1.10 bits per heavy atom. The van der Waals surface area contributed by atoms with Gasteiger partial charge in [0.15, 0.2) is 11.5 Å². The zero-order chi connectivity index (χ0) is 20.6. The number of methoxy groups -OCH3 is 1. The molecule has 0 spiro atoms. The molecule has 1 saturated heterocycles. The first kappa shape index (κ1) is 21.5. The predicted octanol–water partition coefficient (Wildman–Crippen LogP) is 3.94. The monoisotopic (exact) mass is 416 g/mol. The average molecular weight is 417 g/mol. The molecule has 0 amide bonds. The van der Waals surface area contributed by atoms with Gasteiger partial charge in [-0.15, -0.1) is 0 Å². The summed E-state index contributed by atoms with van der Waals surface area (Å²) in [5.74, 6) is 1.31. The van der Waals surface area contributed by atoms with Gasteiger partial charge in [0.05, 0.1) is 7.11 Å². The second-order valence-corrected chi connectivity index (χ2v) is 7.58.